The highest BCUT2D eigenvalue weighted by Gasteiger charge is 2.45. The number of aliphatic hydroxyl groups excluding tert-OH is 2. The fourth-order valence-electron chi connectivity index (χ4n) is 6.02. The Kier molecular flexibility index (Phi) is 7.06. The molecule has 0 spiro atoms. The number of pyridine rings is 1. The summed E-state index contributed by atoms with van der Waals surface area (Å²) in [4.78, 5) is 8.77. The van der Waals surface area contributed by atoms with Crippen molar-refractivity contribution in [2.45, 2.75) is 62.1 Å². The van der Waals surface area contributed by atoms with E-state index in [4.69, 9.17) is 15.2 Å². The molecule has 44 heavy (non-hydrogen) atoms. The number of nitrogens with zero attached hydrogens (tertiary/aromatic N) is 6. The van der Waals surface area contributed by atoms with E-state index in [0.29, 0.717) is 52.4 Å². The maximum absolute atomic E-state index is 13.5. The van der Waals surface area contributed by atoms with Crippen molar-refractivity contribution in [3.05, 3.63) is 60.7 Å². The van der Waals surface area contributed by atoms with Crippen LogP contribution in [0.4, 0.5) is 20.4 Å². The van der Waals surface area contributed by atoms with Gasteiger partial charge in [-0.15, -0.1) is 0 Å². The monoisotopic (exact) mass is 606 g/mol. The summed E-state index contributed by atoms with van der Waals surface area (Å²) in [5, 5.41) is 34.9. The Balaban J connectivity index is 1.07. The molecule has 4 atom stereocenters. The van der Waals surface area contributed by atoms with E-state index >= 15 is 0 Å². The molecule has 1 aliphatic carbocycles. The van der Waals surface area contributed by atoms with Gasteiger partial charge in [0.1, 0.15) is 54.4 Å². The standard InChI is InChI=1S/C30H32F2N8O4/c1-39-11-8-20(38-39)19-13-22(40-25(19)29(33)34-15-35-40)28-27(42)26(41)23(44-28)14-43-18-4-2-16-3-5-24(37-21(16)12-18)36-17-6-9-30(31,32)10-7-17/h2-5,8,11-13,15,17,23,26-28,41-42H,6-7,9-10,14H2,1H3,(H,36,37)(H2,33,34,35)/t23-,26-,27-,28+/m1/s1. The van der Waals surface area contributed by atoms with Gasteiger partial charge in [-0.25, -0.2) is 23.3 Å². The number of hydrogen-bond acceptors (Lipinski definition) is 10. The molecule has 5 aromatic rings. The minimum atomic E-state index is -2.59. The van der Waals surface area contributed by atoms with Crippen LogP contribution in [0.15, 0.2) is 55.0 Å². The van der Waals surface area contributed by atoms with Crippen LogP contribution in [0.3, 0.4) is 0 Å². The number of hydrogen-bond donors (Lipinski definition) is 4. The Labute approximate surface area is 250 Å². The number of nitrogens with two attached hydrogens (primary N) is 1. The van der Waals surface area contributed by atoms with Crippen LogP contribution in [0.2, 0.25) is 0 Å². The number of aryl methyl sites for hydroxylation is 1. The summed E-state index contributed by atoms with van der Waals surface area (Å²) in [6, 6.07) is 12.7. The fourth-order valence-corrected chi connectivity index (χ4v) is 6.02. The molecule has 14 heteroatoms. The summed E-state index contributed by atoms with van der Waals surface area (Å²) in [7, 11) is 1.80. The summed E-state index contributed by atoms with van der Waals surface area (Å²) < 4.78 is 42.4. The van der Waals surface area contributed by atoms with E-state index in [1.165, 1.54) is 6.33 Å². The third-order valence-corrected chi connectivity index (χ3v) is 8.40. The predicted molar refractivity (Wildman–Crippen MR) is 157 cm³/mol. The van der Waals surface area contributed by atoms with E-state index < -0.39 is 30.3 Å². The quantitative estimate of drug-likeness (QED) is 0.216. The number of alkyl halides is 2. The number of fused-ring (bicyclic) bond motifs is 2. The number of aliphatic hydroxyl groups is 2. The fraction of sp³-hybridized carbons (Fsp3) is 0.400. The van der Waals surface area contributed by atoms with Crippen LogP contribution in [-0.2, 0) is 11.8 Å². The molecule has 1 saturated heterocycles. The van der Waals surface area contributed by atoms with E-state index in [1.54, 1.807) is 40.6 Å². The average Bonchev–Trinajstić information content (AvgIpc) is 3.69. The first-order chi connectivity index (χ1) is 21.1. The van der Waals surface area contributed by atoms with E-state index in [2.05, 4.69) is 25.5 Å². The highest BCUT2D eigenvalue weighted by atomic mass is 19.3. The molecule has 5 heterocycles. The van der Waals surface area contributed by atoms with Crippen molar-refractivity contribution in [3.8, 4) is 17.0 Å². The zero-order valence-corrected chi connectivity index (χ0v) is 23.8. The Bertz CT molecular complexity index is 1820. The van der Waals surface area contributed by atoms with Crippen molar-refractivity contribution in [1.82, 2.24) is 29.4 Å². The van der Waals surface area contributed by atoms with Crippen LogP contribution in [0.5, 0.6) is 5.75 Å². The summed E-state index contributed by atoms with van der Waals surface area (Å²) in [6.45, 7) is -0.0397. The van der Waals surface area contributed by atoms with Crippen molar-refractivity contribution in [1.29, 1.82) is 0 Å². The zero-order chi connectivity index (χ0) is 30.6. The molecular formula is C30H32F2N8O4. The lowest BCUT2D eigenvalue weighted by molar-refractivity contribution is -0.0361. The minimum Gasteiger partial charge on any atom is -0.491 e. The van der Waals surface area contributed by atoms with Gasteiger partial charge in [-0.05, 0) is 49.2 Å². The van der Waals surface area contributed by atoms with Crippen molar-refractivity contribution < 1.29 is 28.5 Å². The second-order valence-electron chi connectivity index (χ2n) is 11.5. The number of halogens is 2. The number of aromatic nitrogens is 6. The van der Waals surface area contributed by atoms with Crippen molar-refractivity contribution in [2.75, 3.05) is 17.7 Å². The summed E-state index contributed by atoms with van der Waals surface area (Å²) in [5.41, 5.74) is 9.19. The maximum atomic E-state index is 13.5. The summed E-state index contributed by atoms with van der Waals surface area (Å²) >= 11 is 0. The molecule has 0 bridgehead atoms. The lowest BCUT2D eigenvalue weighted by Gasteiger charge is -2.29. The van der Waals surface area contributed by atoms with Gasteiger partial charge in [0, 0.05) is 49.1 Å². The molecule has 230 valence electrons. The summed E-state index contributed by atoms with van der Waals surface area (Å²) in [6.07, 6.45) is -0.647. The van der Waals surface area contributed by atoms with Crippen LogP contribution in [0, 0.1) is 0 Å². The van der Waals surface area contributed by atoms with E-state index in [9.17, 15) is 19.0 Å². The normalized spacial score (nSPS) is 23.8. The minimum absolute atomic E-state index is 0.0397. The van der Waals surface area contributed by atoms with Crippen LogP contribution >= 0.6 is 0 Å². The van der Waals surface area contributed by atoms with Crippen molar-refractivity contribution >= 4 is 28.1 Å². The van der Waals surface area contributed by atoms with Gasteiger partial charge in [0.25, 0.3) is 0 Å². The SMILES string of the molecule is Cn1ccc(-c2cc([C@@H]3O[C@H](COc4ccc5ccc(NC6CCC(F)(F)CC6)nc5c4)[C@@H](O)[C@H]3O)n3ncnc(N)c23)n1. The Hall–Kier alpha value is -4.40. The first-order valence-corrected chi connectivity index (χ1v) is 14.5. The number of nitrogens with one attached hydrogen (secondary N) is 1. The molecule has 0 radical (unpaired) electrons. The van der Waals surface area contributed by atoms with E-state index in [-0.39, 0.29) is 31.3 Å². The molecule has 7 rings (SSSR count). The molecule has 1 aliphatic heterocycles. The molecule has 1 saturated carbocycles. The highest BCUT2D eigenvalue weighted by Crippen LogP contribution is 2.39. The second-order valence-corrected chi connectivity index (χ2v) is 11.5. The molecule has 4 aromatic heterocycles. The zero-order valence-electron chi connectivity index (χ0n) is 23.8. The number of rotatable bonds is 7. The number of benzene rings is 1. The topological polar surface area (TPSA) is 158 Å². The van der Waals surface area contributed by atoms with Gasteiger partial charge in [-0.1, -0.05) is 0 Å². The Morgan fingerprint density at radius 3 is 2.68 bits per heavy atom. The van der Waals surface area contributed by atoms with Crippen LogP contribution in [0.25, 0.3) is 27.7 Å². The molecule has 0 unspecified atom stereocenters. The third-order valence-electron chi connectivity index (χ3n) is 8.40. The molecule has 1 aromatic carbocycles. The van der Waals surface area contributed by atoms with E-state index in [0.717, 1.165) is 5.39 Å². The van der Waals surface area contributed by atoms with Gasteiger partial charge in [0.2, 0.25) is 5.92 Å². The van der Waals surface area contributed by atoms with Gasteiger partial charge >= 0.3 is 0 Å². The second kappa shape index (κ2) is 10.9. The molecule has 2 fully saturated rings. The molecule has 0 amide bonds. The lowest BCUT2D eigenvalue weighted by Crippen LogP contribution is -2.34. The molecule has 2 aliphatic rings. The Morgan fingerprint density at radius 1 is 1.11 bits per heavy atom. The van der Waals surface area contributed by atoms with Crippen molar-refractivity contribution in [3.63, 3.8) is 0 Å². The summed E-state index contributed by atoms with van der Waals surface area (Å²) in [5.74, 6) is -1.24. The molecular weight excluding hydrogens is 574 g/mol. The average molecular weight is 607 g/mol. The maximum Gasteiger partial charge on any atom is 0.248 e. The first-order valence-electron chi connectivity index (χ1n) is 14.5. The van der Waals surface area contributed by atoms with Gasteiger partial charge in [0.15, 0.2) is 5.82 Å². The van der Waals surface area contributed by atoms with Crippen LogP contribution < -0.4 is 15.8 Å². The number of anilines is 2. The lowest BCUT2D eigenvalue weighted by atomic mass is 9.92. The third kappa shape index (κ3) is 5.29. The molecule has 5 N–H and O–H groups in total. The van der Waals surface area contributed by atoms with Gasteiger partial charge in [-0.2, -0.15) is 10.2 Å². The van der Waals surface area contributed by atoms with E-state index in [1.807, 2.05) is 24.3 Å². The van der Waals surface area contributed by atoms with Crippen molar-refractivity contribution in [2.24, 2.45) is 7.05 Å². The van der Waals surface area contributed by atoms with Gasteiger partial charge in [0.05, 0.1) is 16.9 Å². The first kappa shape index (κ1) is 28.4. The number of ether oxygens (including phenoxy) is 2. The number of nitrogen functional groups attached to an aromatic ring is 1. The largest absolute Gasteiger partial charge is 0.491 e. The molecule has 12 nitrogen and oxygen atoms in total. The van der Waals surface area contributed by atoms with Crippen LogP contribution in [0.1, 0.15) is 37.5 Å². The van der Waals surface area contributed by atoms with Gasteiger partial charge < -0.3 is 30.7 Å². The van der Waals surface area contributed by atoms with Gasteiger partial charge in [-0.3, -0.25) is 4.68 Å². The van der Waals surface area contributed by atoms with Crippen LogP contribution in [-0.4, -0.2) is 76.5 Å². The highest BCUT2D eigenvalue weighted by molar-refractivity contribution is 5.87. The predicted octanol–water partition coefficient (Wildman–Crippen LogP) is 3.49. The smallest absolute Gasteiger partial charge is 0.248 e. The Morgan fingerprint density at radius 2 is 1.91 bits per heavy atom.